The molecule has 0 aliphatic carbocycles. The Morgan fingerprint density at radius 3 is 2.57 bits per heavy atom. The number of imidazole rings is 1. The zero-order valence-corrected chi connectivity index (χ0v) is 15.7. The van der Waals surface area contributed by atoms with E-state index in [-0.39, 0.29) is 11.9 Å². The number of fused-ring (bicyclic) bond motifs is 1. The zero-order valence-electron chi connectivity index (χ0n) is 15.7. The molecule has 142 valence electrons. The molecule has 5 nitrogen and oxygen atoms in total. The second-order valence-electron chi connectivity index (χ2n) is 7.73. The van der Waals surface area contributed by atoms with Gasteiger partial charge in [0.2, 0.25) is 5.91 Å². The summed E-state index contributed by atoms with van der Waals surface area (Å²) >= 11 is 0. The lowest BCUT2D eigenvalue weighted by molar-refractivity contribution is -0.133. The maximum atomic E-state index is 13.4. The molecule has 1 amide bonds. The highest BCUT2D eigenvalue weighted by atomic mass is 16.2. The fourth-order valence-electron chi connectivity index (χ4n) is 4.78. The first kappa shape index (κ1) is 17.2. The molecule has 0 saturated carbocycles. The molecule has 3 atom stereocenters. The Hall–Kier alpha value is -2.92. The lowest BCUT2D eigenvalue weighted by atomic mass is 9.89. The molecule has 28 heavy (non-hydrogen) atoms. The molecule has 3 heterocycles. The van der Waals surface area contributed by atoms with Gasteiger partial charge in [-0.2, -0.15) is 0 Å². The number of carbonyl (C=O) groups excluding carboxylic acids is 1. The van der Waals surface area contributed by atoms with Crippen LogP contribution in [0.4, 0.5) is 0 Å². The van der Waals surface area contributed by atoms with Crippen molar-refractivity contribution in [3.63, 3.8) is 0 Å². The highest BCUT2D eigenvalue weighted by Gasteiger charge is 2.46. The molecule has 1 N–H and O–H groups in total. The van der Waals surface area contributed by atoms with E-state index in [1.165, 1.54) is 5.56 Å². The third-order valence-electron chi connectivity index (χ3n) is 6.08. The Morgan fingerprint density at radius 2 is 1.79 bits per heavy atom. The van der Waals surface area contributed by atoms with Gasteiger partial charge in [0.15, 0.2) is 0 Å². The molecular weight excluding hydrogens is 348 g/mol. The number of benzene rings is 2. The highest BCUT2D eigenvalue weighted by molar-refractivity contribution is 5.78. The van der Waals surface area contributed by atoms with Crippen LogP contribution < -0.4 is 5.32 Å². The summed E-state index contributed by atoms with van der Waals surface area (Å²) in [6.07, 6.45) is 3.67. The maximum Gasteiger partial charge on any atom is 0.243 e. The predicted octanol–water partition coefficient (Wildman–Crippen LogP) is 2.97. The van der Waals surface area contributed by atoms with Crippen molar-refractivity contribution in [3.8, 4) is 11.4 Å². The summed E-state index contributed by atoms with van der Waals surface area (Å²) in [5.74, 6) is 2.03. The molecule has 5 heteroatoms. The van der Waals surface area contributed by atoms with Crippen molar-refractivity contribution in [2.75, 3.05) is 19.6 Å². The van der Waals surface area contributed by atoms with Gasteiger partial charge in [0, 0.05) is 43.5 Å². The second kappa shape index (κ2) is 7.24. The number of hydrogen-bond donors (Lipinski definition) is 1. The number of carbonyl (C=O) groups is 1. The van der Waals surface area contributed by atoms with Gasteiger partial charge < -0.3 is 14.8 Å². The van der Waals surface area contributed by atoms with Crippen molar-refractivity contribution in [1.29, 1.82) is 0 Å². The Morgan fingerprint density at radius 1 is 1.04 bits per heavy atom. The van der Waals surface area contributed by atoms with Crippen molar-refractivity contribution >= 4 is 5.91 Å². The van der Waals surface area contributed by atoms with Crippen LogP contribution in [0.5, 0.6) is 0 Å². The minimum Gasteiger partial charge on any atom is -0.333 e. The SMILES string of the molecule is O=C(Cn1ccnc1-c1ccccc1)N1C[C@@H]2CNC[C@@H]2[C@@H]1c1ccccc1. The summed E-state index contributed by atoms with van der Waals surface area (Å²) in [4.78, 5) is 19.9. The molecule has 2 saturated heterocycles. The molecule has 1 aromatic heterocycles. The van der Waals surface area contributed by atoms with Crippen LogP contribution in [0, 0.1) is 11.8 Å². The number of amides is 1. The van der Waals surface area contributed by atoms with Crippen molar-refractivity contribution in [3.05, 3.63) is 78.6 Å². The molecule has 2 fully saturated rings. The Kier molecular flexibility index (Phi) is 4.45. The molecule has 2 aliphatic rings. The molecule has 5 rings (SSSR count). The number of hydrogen-bond acceptors (Lipinski definition) is 3. The molecule has 0 bridgehead atoms. The summed E-state index contributed by atoms with van der Waals surface area (Å²) in [5.41, 5.74) is 2.27. The molecule has 3 aromatic rings. The molecule has 0 unspecified atom stereocenters. The van der Waals surface area contributed by atoms with Gasteiger partial charge in [0.05, 0.1) is 6.04 Å². The zero-order chi connectivity index (χ0) is 18.9. The second-order valence-corrected chi connectivity index (χ2v) is 7.73. The van der Waals surface area contributed by atoms with Gasteiger partial charge in [0.1, 0.15) is 12.4 Å². The van der Waals surface area contributed by atoms with Gasteiger partial charge in [-0.05, 0) is 11.5 Å². The normalized spacial score (nSPS) is 23.7. The third-order valence-corrected chi connectivity index (χ3v) is 6.08. The van der Waals surface area contributed by atoms with Gasteiger partial charge in [0.25, 0.3) is 0 Å². The topological polar surface area (TPSA) is 50.2 Å². The number of nitrogens with one attached hydrogen (secondary N) is 1. The fourth-order valence-corrected chi connectivity index (χ4v) is 4.78. The van der Waals surface area contributed by atoms with Gasteiger partial charge in [-0.1, -0.05) is 60.7 Å². The summed E-state index contributed by atoms with van der Waals surface area (Å²) < 4.78 is 1.96. The molecular formula is C23H24N4O. The van der Waals surface area contributed by atoms with Gasteiger partial charge in [-0.3, -0.25) is 4.79 Å². The molecule has 2 aliphatic heterocycles. The first-order valence-corrected chi connectivity index (χ1v) is 9.93. The van der Waals surface area contributed by atoms with Crippen LogP contribution in [0.2, 0.25) is 0 Å². The lowest BCUT2D eigenvalue weighted by Gasteiger charge is -2.29. The van der Waals surface area contributed by atoms with Crippen LogP contribution in [0.15, 0.2) is 73.1 Å². The van der Waals surface area contributed by atoms with Crippen LogP contribution in [0.1, 0.15) is 11.6 Å². The van der Waals surface area contributed by atoms with Crippen LogP contribution >= 0.6 is 0 Å². The fraction of sp³-hybridized carbons (Fsp3) is 0.304. The monoisotopic (exact) mass is 372 g/mol. The quantitative estimate of drug-likeness (QED) is 0.766. The summed E-state index contributed by atoms with van der Waals surface area (Å²) in [5, 5.41) is 3.51. The lowest BCUT2D eigenvalue weighted by Crippen LogP contribution is -2.36. The molecule has 0 radical (unpaired) electrons. The standard InChI is InChI=1S/C23H24N4O/c28-21(16-26-12-11-25-23(26)18-9-5-2-6-10-18)27-15-19-13-24-14-20(19)22(27)17-7-3-1-4-8-17/h1-12,19-20,22,24H,13-16H2/t19-,20-,22-/m0/s1. The minimum absolute atomic E-state index is 0.150. The van der Waals surface area contributed by atoms with E-state index in [0.29, 0.717) is 18.4 Å². The predicted molar refractivity (Wildman–Crippen MR) is 108 cm³/mol. The highest BCUT2D eigenvalue weighted by Crippen LogP contribution is 2.42. The summed E-state index contributed by atoms with van der Waals surface area (Å²) in [7, 11) is 0. The van der Waals surface area contributed by atoms with E-state index in [9.17, 15) is 4.79 Å². The van der Waals surface area contributed by atoms with Crippen molar-refractivity contribution in [2.45, 2.75) is 12.6 Å². The van der Waals surface area contributed by atoms with E-state index in [4.69, 9.17) is 0 Å². The van der Waals surface area contributed by atoms with Crippen molar-refractivity contribution in [1.82, 2.24) is 19.8 Å². The summed E-state index contributed by atoms with van der Waals surface area (Å²) in [6, 6.07) is 20.7. The van der Waals surface area contributed by atoms with E-state index in [2.05, 4.69) is 39.5 Å². The average molecular weight is 372 g/mol. The Balaban J connectivity index is 1.42. The number of nitrogens with zero attached hydrogens (tertiary/aromatic N) is 3. The van der Waals surface area contributed by atoms with Crippen LogP contribution in [-0.4, -0.2) is 40.0 Å². The first-order valence-electron chi connectivity index (χ1n) is 9.93. The van der Waals surface area contributed by atoms with E-state index in [0.717, 1.165) is 31.0 Å². The molecule has 0 spiro atoms. The average Bonchev–Trinajstić information content (AvgIpc) is 3.45. The molecule has 2 aromatic carbocycles. The maximum absolute atomic E-state index is 13.4. The van der Waals surface area contributed by atoms with Gasteiger partial charge in [-0.25, -0.2) is 4.98 Å². The van der Waals surface area contributed by atoms with E-state index >= 15 is 0 Å². The minimum atomic E-state index is 0.150. The Bertz CT molecular complexity index is 953. The van der Waals surface area contributed by atoms with Crippen molar-refractivity contribution in [2.24, 2.45) is 11.8 Å². The smallest absolute Gasteiger partial charge is 0.243 e. The first-order chi connectivity index (χ1) is 13.8. The van der Waals surface area contributed by atoms with E-state index in [1.807, 2.05) is 47.2 Å². The van der Waals surface area contributed by atoms with Crippen molar-refractivity contribution < 1.29 is 4.79 Å². The van der Waals surface area contributed by atoms with E-state index < -0.39 is 0 Å². The van der Waals surface area contributed by atoms with Crippen LogP contribution in [0.3, 0.4) is 0 Å². The van der Waals surface area contributed by atoms with Crippen LogP contribution in [0.25, 0.3) is 11.4 Å². The summed E-state index contributed by atoms with van der Waals surface area (Å²) in [6.45, 7) is 3.12. The largest absolute Gasteiger partial charge is 0.333 e. The van der Waals surface area contributed by atoms with Gasteiger partial charge >= 0.3 is 0 Å². The van der Waals surface area contributed by atoms with Crippen LogP contribution in [-0.2, 0) is 11.3 Å². The number of likely N-dealkylation sites (tertiary alicyclic amines) is 1. The number of rotatable bonds is 4. The number of aromatic nitrogens is 2. The van der Waals surface area contributed by atoms with E-state index in [1.54, 1.807) is 6.20 Å². The third kappa shape index (κ3) is 3.02. The van der Waals surface area contributed by atoms with Gasteiger partial charge in [-0.15, -0.1) is 0 Å². The Labute approximate surface area is 165 Å².